The van der Waals surface area contributed by atoms with Crippen molar-refractivity contribution in [3.8, 4) is 17.2 Å². The summed E-state index contributed by atoms with van der Waals surface area (Å²) < 4.78 is 16.6. The number of carbonyl (C=O) groups excluding carboxylic acids is 2. The quantitative estimate of drug-likeness (QED) is 0.538. The van der Waals surface area contributed by atoms with Crippen molar-refractivity contribution in [2.45, 2.75) is 19.4 Å². The molecule has 0 N–H and O–H groups in total. The molecule has 1 unspecified atom stereocenters. The molecule has 3 aromatic carbocycles. The van der Waals surface area contributed by atoms with Crippen LogP contribution in [-0.2, 0) is 11.2 Å². The minimum Gasteiger partial charge on any atom is -0.493 e. The number of piperazine rings is 1. The topological polar surface area (TPSA) is 68.3 Å². The third-order valence-corrected chi connectivity index (χ3v) is 6.51. The lowest BCUT2D eigenvalue weighted by Gasteiger charge is -2.43. The van der Waals surface area contributed by atoms with Crippen molar-refractivity contribution in [1.82, 2.24) is 9.80 Å². The van der Waals surface area contributed by atoms with E-state index in [1.807, 2.05) is 83.8 Å². The van der Waals surface area contributed by atoms with Crippen molar-refractivity contribution in [3.63, 3.8) is 0 Å². The standard InChI is InChI=1S/C29H28N2O5/c1-20(32)30-17-25(14-22-15-26(34-2)28-27(16-22)35-19-36-28)31(29(33)23-11-7-4-8-12-23)18-24(30)13-21-9-5-3-6-10-21/h3-12,14-16,24H,13,17-19H2,1-2H3. The molecule has 1 atom stereocenters. The van der Waals surface area contributed by atoms with Gasteiger partial charge in [0, 0.05) is 24.7 Å². The molecule has 7 nitrogen and oxygen atoms in total. The van der Waals surface area contributed by atoms with Gasteiger partial charge in [-0.1, -0.05) is 48.5 Å². The van der Waals surface area contributed by atoms with Crippen molar-refractivity contribution in [2.75, 3.05) is 27.0 Å². The Hall–Kier alpha value is -4.26. The molecule has 36 heavy (non-hydrogen) atoms. The lowest BCUT2D eigenvalue weighted by Crippen LogP contribution is -2.55. The molecule has 0 bridgehead atoms. The molecule has 2 heterocycles. The fourth-order valence-corrected chi connectivity index (χ4v) is 4.74. The first kappa shape index (κ1) is 23.5. The van der Waals surface area contributed by atoms with Gasteiger partial charge in [-0.3, -0.25) is 9.59 Å². The van der Waals surface area contributed by atoms with Crippen LogP contribution >= 0.6 is 0 Å². The highest BCUT2D eigenvalue weighted by molar-refractivity contribution is 5.96. The molecular formula is C29H28N2O5. The summed E-state index contributed by atoms with van der Waals surface area (Å²) in [4.78, 5) is 30.1. The zero-order chi connectivity index (χ0) is 25.1. The van der Waals surface area contributed by atoms with E-state index in [0.29, 0.717) is 42.3 Å². The van der Waals surface area contributed by atoms with E-state index in [-0.39, 0.29) is 24.6 Å². The number of ether oxygens (including phenoxy) is 3. The van der Waals surface area contributed by atoms with E-state index in [9.17, 15) is 9.59 Å². The molecule has 0 aliphatic carbocycles. The Morgan fingerprint density at radius 3 is 2.44 bits per heavy atom. The SMILES string of the molecule is COc1cc(C=C2CN(C(C)=O)C(Cc3ccccc3)CN2C(=O)c2ccccc2)cc2c1OCO2. The minimum atomic E-state index is -0.152. The van der Waals surface area contributed by atoms with E-state index < -0.39 is 0 Å². The van der Waals surface area contributed by atoms with Crippen LogP contribution in [0.2, 0.25) is 0 Å². The lowest BCUT2D eigenvalue weighted by atomic mass is 9.99. The average Bonchev–Trinajstić information content (AvgIpc) is 3.38. The van der Waals surface area contributed by atoms with Crippen LogP contribution in [0.3, 0.4) is 0 Å². The second kappa shape index (κ2) is 10.2. The van der Waals surface area contributed by atoms with Gasteiger partial charge in [-0.05, 0) is 47.9 Å². The van der Waals surface area contributed by atoms with Crippen LogP contribution in [0.4, 0.5) is 0 Å². The fourth-order valence-electron chi connectivity index (χ4n) is 4.74. The highest BCUT2D eigenvalue weighted by Gasteiger charge is 2.35. The van der Waals surface area contributed by atoms with Crippen LogP contribution in [-0.4, -0.2) is 54.6 Å². The summed E-state index contributed by atoms with van der Waals surface area (Å²) in [5.41, 5.74) is 3.24. The van der Waals surface area contributed by atoms with Gasteiger partial charge in [-0.25, -0.2) is 0 Å². The van der Waals surface area contributed by atoms with Crippen LogP contribution in [0.25, 0.3) is 6.08 Å². The first-order valence-electron chi connectivity index (χ1n) is 11.9. The average molecular weight is 485 g/mol. The molecule has 1 fully saturated rings. The van der Waals surface area contributed by atoms with Crippen LogP contribution in [0, 0.1) is 0 Å². The van der Waals surface area contributed by atoms with Crippen molar-refractivity contribution < 1.29 is 23.8 Å². The molecule has 0 radical (unpaired) electrons. The smallest absolute Gasteiger partial charge is 0.258 e. The van der Waals surface area contributed by atoms with Gasteiger partial charge in [0.15, 0.2) is 11.5 Å². The minimum absolute atomic E-state index is 0.0306. The van der Waals surface area contributed by atoms with Gasteiger partial charge in [0.2, 0.25) is 18.4 Å². The second-order valence-corrected chi connectivity index (χ2v) is 8.86. The number of nitrogens with zero attached hydrogens (tertiary/aromatic N) is 2. The van der Waals surface area contributed by atoms with Crippen LogP contribution in [0.5, 0.6) is 17.2 Å². The first-order valence-corrected chi connectivity index (χ1v) is 11.9. The number of methoxy groups -OCH3 is 1. The van der Waals surface area contributed by atoms with Gasteiger partial charge >= 0.3 is 0 Å². The predicted molar refractivity (Wildman–Crippen MR) is 136 cm³/mol. The molecule has 184 valence electrons. The molecule has 0 spiro atoms. The fraction of sp³-hybridized carbons (Fsp3) is 0.241. The summed E-state index contributed by atoms with van der Waals surface area (Å²) in [5.74, 6) is 1.57. The molecule has 2 aliphatic rings. The number of hydrogen-bond acceptors (Lipinski definition) is 5. The summed E-state index contributed by atoms with van der Waals surface area (Å²) in [6.07, 6.45) is 2.57. The summed E-state index contributed by atoms with van der Waals surface area (Å²) in [6.45, 7) is 2.40. The third kappa shape index (κ3) is 4.77. The Kier molecular flexibility index (Phi) is 6.62. The Morgan fingerprint density at radius 2 is 1.75 bits per heavy atom. The maximum absolute atomic E-state index is 13.7. The van der Waals surface area contributed by atoms with Gasteiger partial charge in [0.25, 0.3) is 5.91 Å². The van der Waals surface area contributed by atoms with Gasteiger partial charge in [0.05, 0.1) is 19.7 Å². The number of carbonyl (C=O) groups is 2. The van der Waals surface area contributed by atoms with E-state index in [4.69, 9.17) is 14.2 Å². The van der Waals surface area contributed by atoms with E-state index >= 15 is 0 Å². The van der Waals surface area contributed by atoms with Crippen molar-refractivity contribution >= 4 is 17.9 Å². The number of amides is 2. The van der Waals surface area contributed by atoms with Crippen molar-refractivity contribution in [2.24, 2.45) is 0 Å². The van der Waals surface area contributed by atoms with E-state index in [2.05, 4.69) is 0 Å². The highest BCUT2D eigenvalue weighted by atomic mass is 16.7. The predicted octanol–water partition coefficient (Wildman–Crippen LogP) is 4.38. The van der Waals surface area contributed by atoms with E-state index in [1.54, 1.807) is 18.9 Å². The number of benzene rings is 3. The Bertz CT molecular complexity index is 1290. The number of hydrogen-bond donors (Lipinski definition) is 0. The molecule has 1 saturated heterocycles. The third-order valence-electron chi connectivity index (χ3n) is 6.51. The van der Waals surface area contributed by atoms with Gasteiger partial charge < -0.3 is 24.0 Å². The lowest BCUT2D eigenvalue weighted by molar-refractivity contribution is -0.132. The van der Waals surface area contributed by atoms with E-state index in [1.165, 1.54) is 0 Å². The second-order valence-electron chi connectivity index (χ2n) is 8.86. The number of fused-ring (bicyclic) bond motifs is 1. The Morgan fingerprint density at radius 1 is 1.03 bits per heavy atom. The maximum Gasteiger partial charge on any atom is 0.258 e. The zero-order valence-corrected chi connectivity index (χ0v) is 20.3. The monoisotopic (exact) mass is 484 g/mol. The molecule has 5 rings (SSSR count). The Labute approximate surface area is 210 Å². The van der Waals surface area contributed by atoms with Crippen LogP contribution < -0.4 is 14.2 Å². The zero-order valence-electron chi connectivity index (χ0n) is 20.3. The van der Waals surface area contributed by atoms with E-state index in [0.717, 1.165) is 16.8 Å². The molecule has 0 saturated carbocycles. The highest BCUT2D eigenvalue weighted by Crippen LogP contribution is 2.42. The number of rotatable bonds is 5. The summed E-state index contributed by atoms with van der Waals surface area (Å²) in [6, 6.07) is 22.8. The largest absolute Gasteiger partial charge is 0.493 e. The molecule has 2 aliphatic heterocycles. The van der Waals surface area contributed by atoms with Crippen LogP contribution in [0.15, 0.2) is 78.5 Å². The van der Waals surface area contributed by atoms with Gasteiger partial charge in [0.1, 0.15) is 0 Å². The summed E-state index contributed by atoms with van der Waals surface area (Å²) >= 11 is 0. The first-order chi connectivity index (χ1) is 17.5. The van der Waals surface area contributed by atoms with Gasteiger partial charge in [-0.2, -0.15) is 0 Å². The van der Waals surface area contributed by atoms with Crippen molar-refractivity contribution in [1.29, 1.82) is 0 Å². The molecule has 3 aromatic rings. The molecular weight excluding hydrogens is 456 g/mol. The summed E-state index contributed by atoms with van der Waals surface area (Å²) in [5, 5.41) is 0. The Balaban J connectivity index is 1.54. The van der Waals surface area contributed by atoms with Gasteiger partial charge in [-0.15, -0.1) is 0 Å². The maximum atomic E-state index is 13.7. The van der Waals surface area contributed by atoms with Crippen molar-refractivity contribution in [3.05, 3.63) is 95.2 Å². The molecule has 7 heteroatoms. The normalized spacial score (nSPS) is 17.8. The molecule has 2 amide bonds. The summed E-state index contributed by atoms with van der Waals surface area (Å²) in [7, 11) is 1.58. The van der Waals surface area contributed by atoms with Crippen LogP contribution in [0.1, 0.15) is 28.4 Å². The molecule has 0 aromatic heterocycles.